The first-order valence-electron chi connectivity index (χ1n) is 6.24. The summed E-state index contributed by atoms with van der Waals surface area (Å²) in [4.78, 5) is 19.1. The zero-order valence-corrected chi connectivity index (χ0v) is 10.7. The van der Waals surface area contributed by atoms with E-state index in [0.29, 0.717) is 5.95 Å². The summed E-state index contributed by atoms with van der Waals surface area (Å²) in [7, 11) is 0. The summed E-state index contributed by atoms with van der Waals surface area (Å²) in [6, 6.07) is 7.62. The van der Waals surface area contributed by atoms with Crippen molar-refractivity contribution in [3.05, 3.63) is 24.3 Å². The summed E-state index contributed by atoms with van der Waals surface area (Å²) < 4.78 is 5.56. The summed E-state index contributed by atoms with van der Waals surface area (Å²) in [6.07, 6.45) is 0. The molecule has 3 N–H and O–H groups in total. The van der Waals surface area contributed by atoms with Crippen molar-refractivity contribution in [1.29, 1.82) is 0 Å². The molecule has 0 saturated carbocycles. The van der Waals surface area contributed by atoms with Gasteiger partial charge in [0.05, 0.1) is 16.6 Å². The molecule has 1 amide bonds. The average molecular weight is 260 g/mol. The van der Waals surface area contributed by atoms with Crippen LogP contribution >= 0.6 is 0 Å². The molecule has 6 heteroatoms. The lowest BCUT2D eigenvalue weighted by atomic mass is 10.0. The van der Waals surface area contributed by atoms with Crippen molar-refractivity contribution >= 4 is 22.9 Å². The number of fused-ring (bicyclic) bond motifs is 1. The molecule has 0 atom stereocenters. The first kappa shape index (κ1) is 12.1. The number of benzene rings is 1. The smallest absolute Gasteiger partial charge is 0.252 e. The van der Waals surface area contributed by atoms with Crippen molar-refractivity contribution in [2.24, 2.45) is 0 Å². The summed E-state index contributed by atoms with van der Waals surface area (Å²) >= 11 is 0. The highest BCUT2D eigenvalue weighted by Crippen LogP contribution is 2.16. The first-order valence-corrected chi connectivity index (χ1v) is 6.24. The van der Waals surface area contributed by atoms with Crippen LogP contribution in [-0.2, 0) is 9.53 Å². The van der Waals surface area contributed by atoms with Crippen LogP contribution in [0.4, 0.5) is 5.95 Å². The van der Waals surface area contributed by atoms with Gasteiger partial charge in [-0.15, -0.1) is 0 Å². The predicted octanol–water partition coefficient (Wildman–Crippen LogP) is 0.880. The molecule has 1 saturated heterocycles. The van der Waals surface area contributed by atoms with Gasteiger partial charge in [-0.1, -0.05) is 12.1 Å². The van der Waals surface area contributed by atoms with Gasteiger partial charge in [0.15, 0.2) is 0 Å². The normalized spacial score (nSPS) is 17.1. The van der Waals surface area contributed by atoms with Gasteiger partial charge in [-0.05, 0) is 19.1 Å². The number of aromatic nitrogens is 2. The Kier molecular flexibility index (Phi) is 2.96. The molecule has 0 unspecified atom stereocenters. The van der Waals surface area contributed by atoms with E-state index in [-0.39, 0.29) is 18.1 Å². The number of ether oxygens (including phenoxy) is 1. The van der Waals surface area contributed by atoms with E-state index in [1.807, 2.05) is 31.2 Å². The van der Waals surface area contributed by atoms with Gasteiger partial charge < -0.3 is 15.0 Å². The van der Waals surface area contributed by atoms with Gasteiger partial charge in [0.1, 0.15) is 6.61 Å². The Hall–Kier alpha value is -1.92. The summed E-state index contributed by atoms with van der Waals surface area (Å²) in [6.45, 7) is 3.59. The number of aromatic amines is 1. The van der Waals surface area contributed by atoms with Crippen LogP contribution in [0.25, 0.3) is 11.0 Å². The lowest BCUT2D eigenvalue weighted by Crippen LogP contribution is -2.59. The van der Waals surface area contributed by atoms with Crippen molar-refractivity contribution < 1.29 is 9.53 Å². The number of hydrogen-bond donors (Lipinski definition) is 3. The number of anilines is 1. The third-order valence-corrected chi connectivity index (χ3v) is 3.20. The standard InChI is InChI=1S/C13H16N4O2/c1-13(7-14-8-13)19-6-11(18)17-12-15-9-4-2-3-5-10(9)16-12/h2-5,14H,6-8H2,1H3,(H2,15,16,17,18). The zero-order chi connectivity index (χ0) is 13.3. The highest BCUT2D eigenvalue weighted by molar-refractivity contribution is 5.91. The maximum Gasteiger partial charge on any atom is 0.252 e. The Balaban J connectivity index is 1.59. The van der Waals surface area contributed by atoms with Crippen LogP contribution in [0.15, 0.2) is 24.3 Å². The minimum absolute atomic E-state index is 0.0369. The number of carbonyl (C=O) groups excluding carboxylic acids is 1. The van der Waals surface area contributed by atoms with Crippen molar-refractivity contribution in [3.8, 4) is 0 Å². The third-order valence-electron chi connectivity index (χ3n) is 3.20. The van der Waals surface area contributed by atoms with Crippen LogP contribution < -0.4 is 10.6 Å². The van der Waals surface area contributed by atoms with E-state index >= 15 is 0 Å². The van der Waals surface area contributed by atoms with E-state index in [1.54, 1.807) is 0 Å². The van der Waals surface area contributed by atoms with E-state index < -0.39 is 0 Å². The summed E-state index contributed by atoms with van der Waals surface area (Å²) in [5, 5.41) is 5.82. The maximum atomic E-state index is 11.8. The number of amides is 1. The Morgan fingerprint density at radius 2 is 2.26 bits per heavy atom. The van der Waals surface area contributed by atoms with Crippen LogP contribution in [0, 0.1) is 0 Å². The molecular weight excluding hydrogens is 244 g/mol. The number of hydrogen-bond acceptors (Lipinski definition) is 4. The number of H-pyrrole nitrogens is 1. The van der Waals surface area contributed by atoms with E-state index in [2.05, 4.69) is 20.6 Å². The Labute approximate surface area is 110 Å². The fourth-order valence-corrected chi connectivity index (χ4v) is 2.00. The van der Waals surface area contributed by atoms with E-state index in [1.165, 1.54) is 0 Å². The molecule has 1 aliphatic rings. The summed E-state index contributed by atoms with van der Waals surface area (Å²) in [5.41, 5.74) is 1.51. The monoisotopic (exact) mass is 260 g/mol. The highest BCUT2D eigenvalue weighted by Gasteiger charge is 2.33. The quantitative estimate of drug-likeness (QED) is 0.762. The SMILES string of the molecule is CC1(OCC(=O)Nc2nc3ccccc3[nH]2)CNC1. The van der Waals surface area contributed by atoms with Gasteiger partial charge in [0.25, 0.3) is 5.91 Å². The Morgan fingerprint density at radius 3 is 2.95 bits per heavy atom. The number of nitrogens with zero attached hydrogens (tertiary/aromatic N) is 1. The topological polar surface area (TPSA) is 79.0 Å². The van der Waals surface area contributed by atoms with Gasteiger partial charge in [-0.3, -0.25) is 10.1 Å². The molecular formula is C13H16N4O2. The average Bonchev–Trinajstić information content (AvgIpc) is 2.76. The molecule has 1 aromatic carbocycles. The Morgan fingerprint density at radius 1 is 1.47 bits per heavy atom. The van der Waals surface area contributed by atoms with Crippen LogP contribution in [0.5, 0.6) is 0 Å². The van der Waals surface area contributed by atoms with Crippen molar-refractivity contribution in [3.63, 3.8) is 0 Å². The molecule has 0 radical (unpaired) electrons. The van der Waals surface area contributed by atoms with E-state index in [0.717, 1.165) is 24.1 Å². The minimum Gasteiger partial charge on any atom is -0.363 e. The molecule has 0 aliphatic carbocycles. The van der Waals surface area contributed by atoms with Crippen LogP contribution in [-0.4, -0.2) is 41.2 Å². The molecule has 6 nitrogen and oxygen atoms in total. The van der Waals surface area contributed by atoms with Crippen LogP contribution in [0.3, 0.4) is 0 Å². The minimum atomic E-state index is -0.217. The molecule has 1 fully saturated rings. The van der Waals surface area contributed by atoms with Crippen molar-refractivity contribution in [2.75, 3.05) is 25.0 Å². The largest absolute Gasteiger partial charge is 0.363 e. The third kappa shape index (κ3) is 2.59. The molecule has 0 bridgehead atoms. The van der Waals surface area contributed by atoms with Crippen molar-refractivity contribution in [1.82, 2.24) is 15.3 Å². The second-order valence-electron chi connectivity index (χ2n) is 4.99. The van der Waals surface area contributed by atoms with Crippen molar-refractivity contribution in [2.45, 2.75) is 12.5 Å². The summed E-state index contributed by atoms with van der Waals surface area (Å²) in [5.74, 6) is 0.249. The number of rotatable bonds is 4. The Bertz CT molecular complexity index is 570. The number of imidazole rings is 1. The molecule has 3 rings (SSSR count). The molecule has 1 aromatic heterocycles. The van der Waals surface area contributed by atoms with Gasteiger partial charge in [0, 0.05) is 13.1 Å². The molecule has 0 spiro atoms. The highest BCUT2D eigenvalue weighted by atomic mass is 16.5. The molecule has 2 heterocycles. The van der Waals surface area contributed by atoms with Gasteiger partial charge in [-0.25, -0.2) is 4.98 Å². The van der Waals surface area contributed by atoms with Crippen LogP contribution in [0.2, 0.25) is 0 Å². The number of carbonyl (C=O) groups is 1. The lowest BCUT2D eigenvalue weighted by Gasteiger charge is -2.38. The lowest BCUT2D eigenvalue weighted by molar-refractivity contribution is -0.130. The molecule has 1 aliphatic heterocycles. The van der Waals surface area contributed by atoms with E-state index in [9.17, 15) is 4.79 Å². The fraction of sp³-hybridized carbons (Fsp3) is 0.385. The van der Waals surface area contributed by atoms with E-state index in [4.69, 9.17) is 4.74 Å². The number of para-hydroxylation sites is 2. The van der Waals surface area contributed by atoms with Gasteiger partial charge >= 0.3 is 0 Å². The van der Waals surface area contributed by atoms with Gasteiger partial charge in [0.2, 0.25) is 5.95 Å². The first-order chi connectivity index (χ1) is 9.15. The number of nitrogens with one attached hydrogen (secondary N) is 3. The molecule has 100 valence electrons. The predicted molar refractivity (Wildman–Crippen MR) is 72.0 cm³/mol. The van der Waals surface area contributed by atoms with Gasteiger partial charge in [-0.2, -0.15) is 0 Å². The molecule has 19 heavy (non-hydrogen) atoms. The second kappa shape index (κ2) is 4.64. The zero-order valence-electron chi connectivity index (χ0n) is 10.7. The molecule has 2 aromatic rings. The maximum absolute atomic E-state index is 11.8. The van der Waals surface area contributed by atoms with Crippen LogP contribution in [0.1, 0.15) is 6.92 Å². The second-order valence-corrected chi connectivity index (χ2v) is 4.99. The fourth-order valence-electron chi connectivity index (χ4n) is 2.00.